The monoisotopic (exact) mass is 260 g/mol. The van der Waals surface area contributed by atoms with E-state index >= 15 is 0 Å². The molecule has 1 aromatic rings. The van der Waals surface area contributed by atoms with Crippen LogP contribution in [0.5, 0.6) is 0 Å². The fourth-order valence-corrected chi connectivity index (χ4v) is 2.74. The van der Waals surface area contributed by atoms with Crippen molar-refractivity contribution < 1.29 is 0 Å². The average molecular weight is 260 g/mol. The molecule has 0 radical (unpaired) electrons. The summed E-state index contributed by atoms with van der Waals surface area (Å²) in [6.45, 7) is 12.5. The molecule has 1 aliphatic heterocycles. The zero-order valence-corrected chi connectivity index (χ0v) is 12.9. The third-order valence-corrected chi connectivity index (χ3v) is 4.42. The van der Waals surface area contributed by atoms with Gasteiger partial charge in [0, 0.05) is 31.2 Å². The third kappa shape index (κ3) is 3.58. The SMILES string of the molecule is CCc1ccc(CN2CC(CC)NCC2(C)C)cc1. The summed E-state index contributed by atoms with van der Waals surface area (Å²) in [6, 6.07) is 9.75. The molecule has 2 rings (SSSR count). The van der Waals surface area contributed by atoms with Crippen LogP contribution in [0.25, 0.3) is 0 Å². The largest absolute Gasteiger partial charge is 0.311 e. The maximum absolute atomic E-state index is 3.65. The molecule has 1 N–H and O–H groups in total. The fourth-order valence-electron chi connectivity index (χ4n) is 2.74. The van der Waals surface area contributed by atoms with E-state index in [0.717, 1.165) is 26.1 Å². The Labute approximate surface area is 118 Å². The molecular formula is C17H28N2. The van der Waals surface area contributed by atoms with Crippen LogP contribution in [0.3, 0.4) is 0 Å². The number of piperazine rings is 1. The molecule has 1 aromatic carbocycles. The van der Waals surface area contributed by atoms with Crippen LogP contribution in [0.15, 0.2) is 24.3 Å². The highest BCUT2D eigenvalue weighted by Crippen LogP contribution is 2.22. The van der Waals surface area contributed by atoms with Gasteiger partial charge in [-0.2, -0.15) is 0 Å². The van der Waals surface area contributed by atoms with E-state index in [9.17, 15) is 0 Å². The molecule has 0 bridgehead atoms. The normalized spacial score (nSPS) is 23.5. The van der Waals surface area contributed by atoms with E-state index in [2.05, 4.69) is 62.2 Å². The highest BCUT2D eigenvalue weighted by Gasteiger charge is 2.32. The Balaban J connectivity index is 2.05. The van der Waals surface area contributed by atoms with Crippen molar-refractivity contribution in [2.24, 2.45) is 0 Å². The van der Waals surface area contributed by atoms with Crippen LogP contribution >= 0.6 is 0 Å². The Morgan fingerprint density at radius 3 is 2.37 bits per heavy atom. The Morgan fingerprint density at radius 1 is 1.16 bits per heavy atom. The van der Waals surface area contributed by atoms with Crippen molar-refractivity contribution in [3.05, 3.63) is 35.4 Å². The number of aryl methyl sites for hydroxylation is 1. The van der Waals surface area contributed by atoms with Crippen LogP contribution in [0.1, 0.15) is 45.2 Å². The molecule has 0 amide bonds. The van der Waals surface area contributed by atoms with Gasteiger partial charge in [-0.3, -0.25) is 4.90 Å². The van der Waals surface area contributed by atoms with Crippen molar-refractivity contribution in [3.8, 4) is 0 Å². The second-order valence-corrected chi connectivity index (χ2v) is 6.35. The van der Waals surface area contributed by atoms with Gasteiger partial charge in [-0.1, -0.05) is 38.1 Å². The second-order valence-electron chi connectivity index (χ2n) is 6.35. The molecule has 19 heavy (non-hydrogen) atoms. The summed E-state index contributed by atoms with van der Waals surface area (Å²) in [6.07, 6.45) is 2.33. The topological polar surface area (TPSA) is 15.3 Å². The predicted octanol–water partition coefficient (Wildman–Crippen LogP) is 3.21. The summed E-state index contributed by atoms with van der Waals surface area (Å²) in [5, 5.41) is 3.65. The van der Waals surface area contributed by atoms with Gasteiger partial charge < -0.3 is 5.32 Å². The molecule has 1 aliphatic rings. The lowest BCUT2D eigenvalue weighted by Crippen LogP contribution is -2.61. The van der Waals surface area contributed by atoms with Gasteiger partial charge in [-0.05, 0) is 37.8 Å². The standard InChI is InChI=1S/C17H28N2/c1-5-14-7-9-15(10-8-14)11-19-12-16(6-2)18-13-17(19,3)4/h7-10,16,18H,5-6,11-13H2,1-4H3. The molecule has 0 aliphatic carbocycles. The minimum absolute atomic E-state index is 0.245. The molecule has 0 aromatic heterocycles. The highest BCUT2D eigenvalue weighted by molar-refractivity contribution is 5.22. The molecule has 0 saturated carbocycles. The van der Waals surface area contributed by atoms with Crippen LogP contribution < -0.4 is 5.32 Å². The summed E-state index contributed by atoms with van der Waals surface area (Å²) in [5.74, 6) is 0. The van der Waals surface area contributed by atoms with E-state index in [4.69, 9.17) is 0 Å². The van der Waals surface area contributed by atoms with Gasteiger partial charge in [-0.15, -0.1) is 0 Å². The molecule has 1 heterocycles. The van der Waals surface area contributed by atoms with Crippen molar-refractivity contribution in [2.45, 2.75) is 58.7 Å². The fraction of sp³-hybridized carbons (Fsp3) is 0.647. The Kier molecular flexibility index (Phi) is 4.64. The van der Waals surface area contributed by atoms with Gasteiger partial charge >= 0.3 is 0 Å². The number of hydrogen-bond donors (Lipinski definition) is 1. The number of nitrogens with zero attached hydrogens (tertiary/aromatic N) is 1. The van der Waals surface area contributed by atoms with Crippen molar-refractivity contribution >= 4 is 0 Å². The van der Waals surface area contributed by atoms with Gasteiger partial charge in [-0.25, -0.2) is 0 Å². The maximum Gasteiger partial charge on any atom is 0.0281 e. The Bertz CT molecular complexity index is 394. The van der Waals surface area contributed by atoms with Crippen molar-refractivity contribution in [1.82, 2.24) is 10.2 Å². The minimum atomic E-state index is 0.245. The van der Waals surface area contributed by atoms with E-state index in [-0.39, 0.29) is 5.54 Å². The summed E-state index contributed by atoms with van der Waals surface area (Å²) >= 11 is 0. The lowest BCUT2D eigenvalue weighted by atomic mass is 9.95. The van der Waals surface area contributed by atoms with E-state index in [1.54, 1.807) is 0 Å². The van der Waals surface area contributed by atoms with E-state index in [0.29, 0.717) is 6.04 Å². The third-order valence-electron chi connectivity index (χ3n) is 4.42. The van der Waals surface area contributed by atoms with Crippen LogP contribution in [0.4, 0.5) is 0 Å². The van der Waals surface area contributed by atoms with Gasteiger partial charge in [0.25, 0.3) is 0 Å². The first kappa shape index (κ1) is 14.5. The van der Waals surface area contributed by atoms with Crippen molar-refractivity contribution in [2.75, 3.05) is 13.1 Å². The molecule has 1 unspecified atom stereocenters. The lowest BCUT2D eigenvalue weighted by Gasteiger charge is -2.46. The number of benzene rings is 1. The van der Waals surface area contributed by atoms with Gasteiger partial charge in [0.15, 0.2) is 0 Å². The predicted molar refractivity (Wildman–Crippen MR) is 82.4 cm³/mol. The Hall–Kier alpha value is -0.860. The number of hydrogen-bond acceptors (Lipinski definition) is 2. The van der Waals surface area contributed by atoms with E-state index < -0.39 is 0 Å². The van der Waals surface area contributed by atoms with Crippen molar-refractivity contribution in [3.63, 3.8) is 0 Å². The van der Waals surface area contributed by atoms with E-state index in [1.807, 2.05) is 0 Å². The first-order valence-electron chi connectivity index (χ1n) is 7.61. The maximum atomic E-state index is 3.65. The number of rotatable bonds is 4. The van der Waals surface area contributed by atoms with E-state index in [1.165, 1.54) is 17.5 Å². The minimum Gasteiger partial charge on any atom is -0.311 e. The van der Waals surface area contributed by atoms with Crippen LogP contribution in [-0.4, -0.2) is 29.6 Å². The average Bonchev–Trinajstić information content (AvgIpc) is 2.42. The quantitative estimate of drug-likeness (QED) is 0.894. The van der Waals surface area contributed by atoms with Gasteiger partial charge in [0.05, 0.1) is 0 Å². The Morgan fingerprint density at radius 2 is 1.79 bits per heavy atom. The molecule has 106 valence electrons. The molecule has 0 spiro atoms. The van der Waals surface area contributed by atoms with Crippen LogP contribution in [0.2, 0.25) is 0 Å². The molecule has 1 saturated heterocycles. The van der Waals surface area contributed by atoms with Gasteiger partial charge in [0.1, 0.15) is 0 Å². The summed E-state index contributed by atoms with van der Waals surface area (Å²) in [5.41, 5.74) is 3.10. The summed E-state index contributed by atoms with van der Waals surface area (Å²) < 4.78 is 0. The molecular weight excluding hydrogens is 232 g/mol. The lowest BCUT2D eigenvalue weighted by molar-refractivity contribution is 0.0577. The first-order valence-corrected chi connectivity index (χ1v) is 7.61. The molecule has 2 nitrogen and oxygen atoms in total. The molecule has 1 atom stereocenters. The zero-order chi connectivity index (χ0) is 13.9. The highest BCUT2D eigenvalue weighted by atomic mass is 15.3. The van der Waals surface area contributed by atoms with Crippen LogP contribution in [-0.2, 0) is 13.0 Å². The van der Waals surface area contributed by atoms with Crippen molar-refractivity contribution in [1.29, 1.82) is 0 Å². The molecule has 1 fully saturated rings. The van der Waals surface area contributed by atoms with Gasteiger partial charge in [0.2, 0.25) is 0 Å². The zero-order valence-electron chi connectivity index (χ0n) is 12.9. The van der Waals surface area contributed by atoms with Crippen LogP contribution in [0, 0.1) is 0 Å². The second kappa shape index (κ2) is 6.06. The molecule has 2 heteroatoms. The number of nitrogens with one attached hydrogen (secondary N) is 1. The summed E-state index contributed by atoms with van der Waals surface area (Å²) in [7, 11) is 0. The first-order chi connectivity index (χ1) is 9.05. The summed E-state index contributed by atoms with van der Waals surface area (Å²) in [4.78, 5) is 2.62. The smallest absolute Gasteiger partial charge is 0.0281 e.